The monoisotopic (exact) mass is 227 g/mol. The highest BCUT2D eigenvalue weighted by molar-refractivity contribution is 8.15. The van der Waals surface area contributed by atoms with Crippen LogP contribution in [0.5, 0.6) is 5.19 Å². The Kier molecular flexibility index (Phi) is 2.92. The second kappa shape index (κ2) is 3.59. The normalized spacial score (nSPS) is 11.5. The fourth-order valence-corrected chi connectivity index (χ4v) is 2.30. The van der Waals surface area contributed by atoms with E-state index in [1.807, 2.05) is 0 Å². The van der Waals surface area contributed by atoms with Crippen molar-refractivity contribution in [2.75, 3.05) is 6.61 Å². The van der Waals surface area contributed by atoms with Crippen molar-refractivity contribution in [1.29, 1.82) is 0 Å². The van der Waals surface area contributed by atoms with Crippen molar-refractivity contribution in [3.05, 3.63) is 6.20 Å². The van der Waals surface area contributed by atoms with E-state index in [4.69, 9.17) is 15.4 Å². The number of rotatable bonds is 3. The minimum Gasteiger partial charge on any atom is -0.470 e. The Labute approximate surface area is 78.6 Å². The van der Waals surface area contributed by atoms with Crippen molar-refractivity contribution >= 4 is 31.1 Å². The maximum Gasteiger partial charge on any atom is 0.274 e. The van der Waals surface area contributed by atoms with Crippen LogP contribution in [0.4, 0.5) is 0 Å². The zero-order chi connectivity index (χ0) is 9.19. The van der Waals surface area contributed by atoms with Crippen LogP contribution in [0.25, 0.3) is 0 Å². The molecule has 68 valence electrons. The lowest BCUT2D eigenvalue weighted by molar-refractivity contribution is 0.338. The minimum atomic E-state index is -3.65. The van der Waals surface area contributed by atoms with Crippen LogP contribution in [0.15, 0.2) is 10.4 Å². The summed E-state index contributed by atoms with van der Waals surface area (Å²) < 4.78 is 26.4. The van der Waals surface area contributed by atoms with Gasteiger partial charge in [-0.05, 0) is 6.92 Å². The molecule has 0 radical (unpaired) electrons. The summed E-state index contributed by atoms with van der Waals surface area (Å²) in [4.78, 5) is 3.71. The van der Waals surface area contributed by atoms with Crippen LogP contribution >= 0.6 is 22.0 Å². The van der Waals surface area contributed by atoms with E-state index >= 15 is 0 Å². The Morgan fingerprint density at radius 2 is 2.42 bits per heavy atom. The molecular formula is C5H6ClNO3S2. The average Bonchev–Trinajstić information content (AvgIpc) is 2.35. The molecule has 0 aromatic carbocycles. The molecule has 0 atom stereocenters. The zero-order valence-electron chi connectivity index (χ0n) is 6.15. The van der Waals surface area contributed by atoms with Crippen molar-refractivity contribution in [2.45, 2.75) is 11.1 Å². The van der Waals surface area contributed by atoms with Crippen LogP contribution in [0, 0.1) is 0 Å². The molecule has 0 aliphatic rings. The number of hydrogen-bond donors (Lipinski definition) is 0. The number of nitrogens with zero attached hydrogens (tertiary/aromatic N) is 1. The van der Waals surface area contributed by atoms with Crippen molar-refractivity contribution < 1.29 is 13.2 Å². The Morgan fingerprint density at radius 1 is 1.75 bits per heavy atom. The maximum atomic E-state index is 10.7. The topological polar surface area (TPSA) is 56.3 Å². The van der Waals surface area contributed by atoms with Gasteiger partial charge in [0.25, 0.3) is 14.2 Å². The van der Waals surface area contributed by atoms with Crippen molar-refractivity contribution in [2.24, 2.45) is 0 Å². The second-order valence-corrected chi connectivity index (χ2v) is 5.60. The smallest absolute Gasteiger partial charge is 0.274 e. The van der Waals surface area contributed by atoms with Crippen LogP contribution in [-0.4, -0.2) is 20.0 Å². The minimum absolute atomic E-state index is 0.00705. The molecule has 0 saturated carbocycles. The number of hydrogen-bond acceptors (Lipinski definition) is 5. The van der Waals surface area contributed by atoms with Crippen LogP contribution in [0.2, 0.25) is 0 Å². The van der Waals surface area contributed by atoms with Gasteiger partial charge in [-0.25, -0.2) is 13.4 Å². The fraction of sp³-hybridized carbons (Fsp3) is 0.400. The molecule has 0 unspecified atom stereocenters. The first-order valence-electron chi connectivity index (χ1n) is 3.07. The van der Waals surface area contributed by atoms with E-state index in [2.05, 4.69) is 4.98 Å². The lowest BCUT2D eigenvalue weighted by atomic mass is 10.9. The number of ether oxygens (including phenoxy) is 1. The third kappa shape index (κ3) is 2.33. The molecule has 4 nitrogen and oxygen atoms in total. The zero-order valence-corrected chi connectivity index (χ0v) is 8.54. The van der Waals surface area contributed by atoms with Gasteiger partial charge in [-0.3, -0.25) is 0 Å². The van der Waals surface area contributed by atoms with Gasteiger partial charge in [0.2, 0.25) is 0 Å². The highest BCUT2D eigenvalue weighted by Crippen LogP contribution is 2.26. The summed E-state index contributed by atoms with van der Waals surface area (Å²) in [5.41, 5.74) is 0. The van der Waals surface area contributed by atoms with E-state index in [9.17, 15) is 8.42 Å². The molecule has 7 heteroatoms. The fourth-order valence-electron chi connectivity index (χ4n) is 0.547. The Balaban J connectivity index is 2.92. The van der Waals surface area contributed by atoms with Crippen LogP contribution in [-0.2, 0) is 9.05 Å². The first-order valence-corrected chi connectivity index (χ1v) is 6.20. The third-order valence-electron chi connectivity index (χ3n) is 0.971. The van der Waals surface area contributed by atoms with Gasteiger partial charge < -0.3 is 4.74 Å². The summed E-state index contributed by atoms with van der Waals surface area (Å²) >= 11 is 0.911. The Hall–Kier alpha value is -0.330. The largest absolute Gasteiger partial charge is 0.470 e. The van der Waals surface area contributed by atoms with E-state index in [1.54, 1.807) is 6.92 Å². The van der Waals surface area contributed by atoms with Crippen LogP contribution in [0.3, 0.4) is 0 Å². The van der Waals surface area contributed by atoms with E-state index in [1.165, 1.54) is 6.20 Å². The van der Waals surface area contributed by atoms with E-state index < -0.39 is 9.05 Å². The molecule has 1 rings (SSSR count). The van der Waals surface area contributed by atoms with Crippen molar-refractivity contribution in [3.8, 4) is 5.19 Å². The van der Waals surface area contributed by atoms with Gasteiger partial charge in [-0.1, -0.05) is 11.3 Å². The van der Waals surface area contributed by atoms with Gasteiger partial charge in [-0.15, -0.1) is 0 Å². The summed E-state index contributed by atoms with van der Waals surface area (Å²) in [6.45, 7) is 2.24. The Morgan fingerprint density at radius 3 is 2.83 bits per heavy atom. The molecule has 1 aromatic rings. The van der Waals surface area contributed by atoms with E-state index in [0.717, 1.165) is 11.3 Å². The van der Waals surface area contributed by atoms with Crippen molar-refractivity contribution in [1.82, 2.24) is 4.98 Å². The second-order valence-electron chi connectivity index (χ2n) is 1.82. The number of thiazole rings is 1. The summed E-state index contributed by atoms with van der Waals surface area (Å²) in [6, 6.07) is 0. The maximum absolute atomic E-state index is 10.7. The molecule has 0 saturated heterocycles. The molecule has 0 aliphatic carbocycles. The molecule has 1 aromatic heterocycles. The molecule has 0 N–H and O–H groups in total. The van der Waals surface area contributed by atoms with Gasteiger partial charge in [0.05, 0.1) is 12.8 Å². The highest BCUT2D eigenvalue weighted by atomic mass is 35.7. The molecular weight excluding hydrogens is 222 g/mol. The van der Waals surface area contributed by atoms with Crippen LogP contribution < -0.4 is 4.74 Å². The summed E-state index contributed by atoms with van der Waals surface area (Å²) in [6.07, 6.45) is 1.18. The summed E-state index contributed by atoms with van der Waals surface area (Å²) in [5, 5.41) is 0.316. The van der Waals surface area contributed by atoms with Gasteiger partial charge >= 0.3 is 0 Å². The standard InChI is InChI=1S/C5H6ClNO3S2/c1-2-10-5-7-3-4(11-5)12(6,8)9/h3H,2H2,1H3. The first-order chi connectivity index (χ1) is 5.54. The number of aromatic nitrogens is 1. The summed E-state index contributed by atoms with van der Waals surface area (Å²) in [5.74, 6) is 0. The molecule has 0 amide bonds. The molecule has 0 aliphatic heterocycles. The van der Waals surface area contributed by atoms with E-state index in [0.29, 0.717) is 11.8 Å². The molecule has 12 heavy (non-hydrogen) atoms. The average molecular weight is 228 g/mol. The van der Waals surface area contributed by atoms with Gasteiger partial charge in [0.15, 0.2) is 4.21 Å². The third-order valence-corrected chi connectivity index (χ3v) is 3.94. The SMILES string of the molecule is CCOc1ncc(S(=O)(=O)Cl)s1. The first kappa shape index (κ1) is 9.76. The van der Waals surface area contributed by atoms with Gasteiger partial charge in [-0.2, -0.15) is 0 Å². The predicted octanol–water partition coefficient (Wildman–Crippen LogP) is 1.47. The van der Waals surface area contributed by atoms with Gasteiger partial charge in [0, 0.05) is 10.7 Å². The quantitative estimate of drug-likeness (QED) is 0.734. The summed E-state index contributed by atoms with van der Waals surface area (Å²) in [7, 11) is 1.41. The molecule has 0 spiro atoms. The van der Waals surface area contributed by atoms with Crippen molar-refractivity contribution in [3.63, 3.8) is 0 Å². The van der Waals surface area contributed by atoms with E-state index in [-0.39, 0.29) is 4.21 Å². The predicted molar refractivity (Wildman–Crippen MR) is 46.3 cm³/mol. The number of halogens is 1. The highest BCUT2D eigenvalue weighted by Gasteiger charge is 2.14. The molecule has 0 bridgehead atoms. The van der Waals surface area contributed by atoms with Crippen LogP contribution in [0.1, 0.15) is 6.92 Å². The lowest BCUT2D eigenvalue weighted by Gasteiger charge is -1.92. The molecule has 0 fully saturated rings. The molecule has 1 heterocycles. The lowest BCUT2D eigenvalue weighted by Crippen LogP contribution is -1.88. The Bertz CT molecular complexity index is 359. The van der Waals surface area contributed by atoms with Gasteiger partial charge in [0.1, 0.15) is 0 Å².